The Morgan fingerprint density at radius 3 is 2.00 bits per heavy atom. The summed E-state index contributed by atoms with van der Waals surface area (Å²) in [6.45, 7) is 8.67. The molecule has 1 aliphatic heterocycles. The second kappa shape index (κ2) is 6.13. The molecule has 2 N–H and O–H groups in total. The average Bonchev–Trinajstić information content (AvgIpc) is 2.53. The minimum atomic E-state index is -4.67. The molecule has 0 spiro atoms. The first-order valence-corrected chi connectivity index (χ1v) is 6.73. The molecule has 0 unspecified atom stereocenters. The molecule has 0 aromatic carbocycles. The van der Waals surface area contributed by atoms with E-state index in [0.29, 0.717) is 0 Å². The van der Waals surface area contributed by atoms with E-state index in [1.807, 2.05) is 0 Å². The van der Waals surface area contributed by atoms with Gasteiger partial charge in [0.05, 0.1) is 5.41 Å². The van der Waals surface area contributed by atoms with Crippen LogP contribution in [0.3, 0.4) is 0 Å². The molecule has 0 atom stereocenters. The predicted molar refractivity (Wildman–Crippen MR) is 63.7 cm³/mol. The van der Waals surface area contributed by atoms with Crippen LogP contribution in [0.5, 0.6) is 0 Å². The first-order valence-electron chi connectivity index (χ1n) is 5.33. The van der Waals surface area contributed by atoms with Crippen LogP contribution in [0, 0.1) is 5.41 Å². The maximum absolute atomic E-state index is 11.8. The van der Waals surface area contributed by atoms with Crippen molar-refractivity contribution in [3.63, 3.8) is 0 Å². The molecule has 0 saturated carbocycles. The van der Waals surface area contributed by atoms with E-state index in [4.69, 9.17) is 17.5 Å². The number of nitrogens with zero attached hydrogens (tertiary/aromatic N) is 1. The fraction of sp³-hybridized carbons (Fsp3) is 0.700. The zero-order valence-corrected chi connectivity index (χ0v) is 10.9. The fourth-order valence-corrected chi connectivity index (χ4v) is 1.93. The number of carbonyl (C=O) groups is 1. The quantitative estimate of drug-likeness (QED) is 0.754. The van der Waals surface area contributed by atoms with E-state index in [1.165, 1.54) is 0 Å². The Morgan fingerprint density at radius 2 is 1.82 bits per heavy atom. The molecule has 1 fully saturated rings. The molecule has 0 bridgehead atoms. The molecule has 0 radical (unpaired) electrons. The van der Waals surface area contributed by atoms with Gasteiger partial charge in [-0.05, 0) is 25.5 Å². The zero-order valence-electron chi connectivity index (χ0n) is 10.1. The second-order valence-electron chi connectivity index (χ2n) is 3.87. The highest BCUT2D eigenvalue weighted by Crippen LogP contribution is 2.38. The smallest absolute Gasteiger partial charge is 0.319 e. The van der Waals surface area contributed by atoms with Gasteiger partial charge >= 0.3 is 10.4 Å². The van der Waals surface area contributed by atoms with Gasteiger partial charge in [0.2, 0.25) is 5.91 Å². The minimum absolute atomic E-state index is 0.0752. The zero-order chi connectivity index (χ0) is 13.7. The molecule has 100 valence electrons. The topological polar surface area (TPSA) is 94.9 Å². The highest BCUT2D eigenvalue weighted by Gasteiger charge is 2.42. The highest BCUT2D eigenvalue weighted by molar-refractivity contribution is 7.79. The molecular weight excluding hydrogens is 246 g/mol. The van der Waals surface area contributed by atoms with Crippen LogP contribution in [-0.2, 0) is 15.2 Å². The maximum atomic E-state index is 11.8. The van der Waals surface area contributed by atoms with Crippen molar-refractivity contribution in [3.05, 3.63) is 12.8 Å². The summed E-state index contributed by atoms with van der Waals surface area (Å²) < 4.78 is 31.6. The molecule has 17 heavy (non-hydrogen) atoms. The largest absolute Gasteiger partial charge is 0.394 e. The van der Waals surface area contributed by atoms with Gasteiger partial charge in [-0.25, -0.2) is 0 Å². The van der Waals surface area contributed by atoms with Crippen LogP contribution in [0.4, 0.5) is 0 Å². The third-order valence-electron chi connectivity index (χ3n) is 3.12. The average molecular weight is 265 g/mol. The van der Waals surface area contributed by atoms with Crippen molar-refractivity contribution in [1.82, 2.24) is 4.90 Å². The van der Waals surface area contributed by atoms with E-state index in [-0.39, 0.29) is 11.3 Å². The summed E-state index contributed by atoms with van der Waals surface area (Å²) in [6.07, 6.45) is 4.54. The molecular formula is C10H19NO5S. The fourth-order valence-electron chi connectivity index (χ4n) is 1.93. The summed E-state index contributed by atoms with van der Waals surface area (Å²) in [5, 5.41) is 0. The summed E-state index contributed by atoms with van der Waals surface area (Å²) in [5.41, 5.74) is -0.0752. The van der Waals surface area contributed by atoms with Crippen LogP contribution >= 0.6 is 0 Å². The van der Waals surface area contributed by atoms with Crippen molar-refractivity contribution >= 4 is 16.3 Å². The third kappa shape index (κ3) is 4.84. The lowest BCUT2D eigenvalue weighted by molar-refractivity contribution is -0.134. The number of rotatable bonds is 3. The van der Waals surface area contributed by atoms with Gasteiger partial charge < -0.3 is 4.90 Å². The summed E-state index contributed by atoms with van der Waals surface area (Å²) in [5.74, 6) is 0.266. The van der Waals surface area contributed by atoms with Gasteiger partial charge in [0, 0.05) is 6.54 Å². The Morgan fingerprint density at radius 1 is 1.41 bits per heavy atom. The van der Waals surface area contributed by atoms with Gasteiger partial charge in [-0.3, -0.25) is 13.9 Å². The van der Waals surface area contributed by atoms with Crippen molar-refractivity contribution < 1.29 is 22.3 Å². The normalized spacial score (nSPS) is 18.6. The molecule has 6 nitrogen and oxygen atoms in total. The summed E-state index contributed by atoms with van der Waals surface area (Å²) in [7, 11) is -4.67. The molecule has 1 aliphatic rings. The van der Waals surface area contributed by atoms with E-state index in [9.17, 15) is 4.79 Å². The molecule has 0 aliphatic carbocycles. The van der Waals surface area contributed by atoms with Crippen LogP contribution in [0.2, 0.25) is 0 Å². The van der Waals surface area contributed by atoms with E-state index in [2.05, 4.69) is 20.4 Å². The molecule has 7 heteroatoms. The van der Waals surface area contributed by atoms with E-state index in [0.717, 1.165) is 25.8 Å². The van der Waals surface area contributed by atoms with E-state index < -0.39 is 10.4 Å². The van der Waals surface area contributed by atoms with Gasteiger partial charge in [0.1, 0.15) is 0 Å². The SMILES string of the molecule is C=CN1CCC(CC)(CC)C1=O.O=S(=O)(O)O. The molecule has 1 heterocycles. The second-order valence-corrected chi connectivity index (χ2v) is 4.76. The van der Waals surface area contributed by atoms with Crippen LogP contribution < -0.4 is 0 Å². The van der Waals surface area contributed by atoms with Crippen LogP contribution in [0.1, 0.15) is 33.1 Å². The lowest BCUT2D eigenvalue weighted by Gasteiger charge is -2.23. The van der Waals surface area contributed by atoms with Gasteiger partial charge in [-0.2, -0.15) is 8.42 Å². The standard InChI is InChI=1S/C10H17NO.H2O4S/c1-4-10(5-2)7-8-11(6-3)9(10)12;1-5(2,3)4/h6H,3-5,7-8H2,1-2H3;(H2,1,2,3,4). The number of hydrogen-bond donors (Lipinski definition) is 2. The minimum Gasteiger partial charge on any atom is -0.319 e. The summed E-state index contributed by atoms with van der Waals surface area (Å²) in [4.78, 5) is 13.5. The van der Waals surface area contributed by atoms with Crippen molar-refractivity contribution in [2.24, 2.45) is 5.41 Å². The maximum Gasteiger partial charge on any atom is 0.394 e. The number of carbonyl (C=O) groups excluding carboxylic acids is 1. The Bertz CT molecular complexity index is 364. The lowest BCUT2D eigenvalue weighted by Crippen LogP contribution is -2.30. The Labute approximate surface area is 102 Å². The van der Waals surface area contributed by atoms with Crippen molar-refractivity contribution in [2.45, 2.75) is 33.1 Å². The monoisotopic (exact) mass is 265 g/mol. The van der Waals surface area contributed by atoms with Crippen molar-refractivity contribution in [2.75, 3.05) is 6.54 Å². The van der Waals surface area contributed by atoms with Gasteiger partial charge in [-0.15, -0.1) is 0 Å². The van der Waals surface area contributed by atoms with Crippen molar-refractivity contribution in [3.8, 4) is 0 Å². The first-order chi connectivity index (χ1) is 7.70. The Kier molecular flexibility index (Phi) is 5.80. The molecule has 0 aromatic heterocycles. The van der Waals surface area contributed by atoms with Gasteiger partial charge in [0.15, 0.2) is 0 Å². The van der Waals surface area contributed by atoms with Crippen LogP contribution in [-0.4, -0.2) is 34.9 Å². The molecule has 1 amide bonds. The Hall–Kier alpha value is -0.920. The van der Waals surface area contributed by atoms with Gasteiger partial charge in [-0.1, -0.05) is 20.4 Å². The molecule has 0 aromatic rings. The number of hydrogen-bond acceptors (Lipinski definition) is 3. The Balaban J connectivity index is 0.000000437. The third-order valence-corrected chi connectivity index (χ3v) is 3.12. The van der Waals surface area contributed by atoms with Crippen LogP contribution in [0.15, 0.2) is 12.8 Å². The lowest BCUT2D eigenvalue weighted by atomic mass is 9.81. The van der Waals surface area contributed by atoms with Crippen LogP contribution in [0.25, 0.3) is 0 Å². The number of amides is 1. The summed E-state index contributed by atoms with van der Waals surface area (Å²) >= 11 is 0. The van der Waals surface area contributed by atoms with Crippen molar-refractivity contribution in [1.29, 1.82) is 0 Å². The van der Waals surface area contributed by atoms with E-state index >= 15 is 0 Å². The highest BCUT2D eigenvalue weighted by atomic mass is 32.3. The van der Waals surface area contributed by atoms with E-state index in [1.54, 1.807) is 11.1 Å². The molecule has 1 rings (SSSR count). The number of likely N-dealkylation sites (tertiary alicyclic amines) is 1. The first kappa shape index (κ1) is 16.1. The summed E-state index contributed by atoms with van der Waals surface area (Å²) in [6, 6.07) is 0. The predicted octanol–water partition coefficient (Wildman–Crippen LogP) is 1.52. The molecule has 1 saturated heterocycles. The van der Waals surface area contributed by atoms with Gasteiger partial charge in [0.25, 0.3) is 0 Å².